The van der Waals surface area contributed by atoms with E-state index in [4.69, 9.17) is 0 Å². The van der Waals surface area contributed by atoms with Crippen LogP contribution in [0.5, 0.6) is 0 Å². The van der Waals surface area contributed by atoms with Crippen LogP contribution in [0, 0.1) is 5.92 Å². The maximum absolute atomic E-state index is 11.7. The van der Waals surface area contributed by atoms with Crippen LogP contribution >= 0.6 is 15.9 Å². The Bertz CT molecular complexity index is 516. The van der Waals surface area contributed by atoms with Gasteiger partial charge in [0.15, 0.2) is 0 Å². The maximum Gasteiger partial charge on any atom is 1.00 e. The fourth-order valence-electron chi connectivity index (χ4n) is 2.50. The van der Waals surface area contributed by atoms with Gasteiger partial charge in [-0.1, -0.05) is 35.0 Å². The SMILES string of the molecule is CC(C(=O)[O-])c1ccc(CC2CCCC2=O)c(Br)c1.[Na+]. The van der Waals surface area contributed by atoms with Crippen molar-refractivity contribution < 1.29 is 44.3 Å². The van der Waals surface area contributed by atoms with Gasteiger partial charge in [0.25, 0.3) is 0 Å². The van der Waals surface area contributed by atoms with E-state index in [9.17, 15) is 14.7 Å². The Morgan fingerprint density at radius 3 is 2.70 bits per heavy atom. The fourth-order valence-corrected chi connectivity index (χ4v) is 3.06. The van der Waals surface area contributed by atoms with Gasteiger partial charge in [0, 0.05) is 28.7 Å². The fraction of sp³-hybridized carbons (Fsp3) is 0.467. The van der Waals surface area contributed by atoms with Crippen LogP contribution in [0.1, 0.15) is 43.2 Å². The molecule has 1 aromatic rings. The average molecular weight is 347 g/mol. The summed E-state index contributed by atoms with van der Waals surface area (Å²) in [6.07, 6.45) is 3.38. The van der Waals surface area contributed by atoms with E-state index in [1.165, 1.54) is 0 Å². The van der Waals surface area contributed by atoms with Crippen LogP contribution in [0.4, 0.5) is 0 Å². The molecule has 2 rings (SSSR count). The summed E-state index contributed by atoms with van der Waals surface area (Å²) in [5.41, 5.74) is 1.78. The summed E-state index contributed by atoms with van der Waals surface area (Å²) in [5, 5.41) is 10.8. The van der Waals surface area contributed by atoms with E-state index in [1.54, 1.807) is 13.0 Å². The van der Waals surface area contributed by atoms with E-state index in [-0.39, 0.29) is 35.5 Å². The molecule has 0 spiro atoms. The first-order chi connectivity index (χ1) is 8.99. The van der Waals surface area contributed by atoms with Crippen molar-refractivity contribution in [1.82, 2.24) is 0 Å². The van der Waals surface area contributed by atoms with E-state index in [1.807, 2.05) is 12.1 Å². The second-order valence-electron chi connectivity index (χ2n) is 5.15. The Labute approximate surface area is 149 Å². The van der Waals surface area contributed by atoms with Crippen LogP contribution in [-0.2, 0) is 16.0 Å². The summed E-state index contributed by atoms with van der Waals surface area (Å²) in [7, 11) is 0. The summed E-state index contributed by atoms with van der Waals surface area (Å²) in [6.45, 7) is 1.61. The molecule has 0 saturated heterocycles. The predicted octanol–water partition coefficient (Wildman–Crippen LogP) is -0.782. The zero-order valence-corrected chi connectivity index (χ0v) is 15.4. The van der Waals surface area contributed by atoms with Gasteiger partial charge in [0.05, 0.1) is 0 Å². The summed E-state index contributed by atoms with van der Waals surface area (Å²) in [6, 6.07) is 5.53. The molecule has 0 bridgehead atoms. The van der Waals surface area contributed by atoms with Crippen molar-refractivity contribution in [2.24, 2.45) is 5.92 Å². The topological polar surface area (TPSA) is 57.2 Å². The molecule has 1 aromatic carbocycles. The van der Waals surface area contributed by atoms with Crippen LogP contribution in [0.3, 0.4) is 0 Å². The molecule has 20 heavy (non-hydrogen) atoms. The zero-order valence-electron chi connectivity index (χ0n) is 11.8. The number of carbonyl (C=O) groups is 2. The van der Waals surface area contributed by atoms with Crippen molar-refractivity contribution >= 4 is 27.7 Å². The number of carbonyl (C=O) groups excluding carboxylic acids is 2. The third-order valence-corrected chi connectivity index (χ3v) is 4.57. The molecule has 0 N–H and O–H groups in total. The molecule has 2 atom stereocenters. The molecule has 0 heterocycles. The van der Waals surface area contributed by atoms with Crippen LogP contribution in [0.15, 0.2) is 22.7 Å². The molecule has 1 saturated carbocycles. The molecular weight excluding hydrogens is 331 g/mol. The smallest absolute Gasteiger partial charge is 0.550 e. The van der Waals surface area contributed by atoms with Gasteiger partial charge in [-0.2, -0.15) is 0 Å². The predicted molar refractivity (Wildman–Crippen MR) is 73.6 cm³/mol. The Morgan fingerprint density at radius 2 is 2.20 bits per heavy atom. The van der Waals surface area contributed by atoms with Crippen molar-refractivity contribution in [3.05, 3.63) is 33.8 Å². The van der Waals surface area contributed by atoms with E-state index in [2.05, 4.69) is 15.9 Å². The molecule has 1 fully saturated rings. The number of ketones is 1. The minimum Gasteiger partial charge on any atom is -0.550 e. The minimum absolute atomic E-state index is 0. The van der Waals surface area contributed by atoms with Crippen molar-refractivity contribution in [2.45, 2.75) is 38.5 Å². The second-order valence-corrected chi connectivity index (χ2v) is 6.01. The third-order valence-electron chi connectivity index (χ3n) is 3.83. The molecule has 1 aliphatic carbocycles. The number of rotatable bonds is 4. The average Bonchev–Trinajstić information content (AvgIpc) is 2.76. The van der Waals surface area contributed by atoms with Crippen LogP contribution in [0.25, 0.3) is 0 Å². The molecule has 0 amide bonds. The number of benzene rings is 1. The summed E-state index contributed by atoms with van der Waals surface area (Å²) < 4.78 is 0.873. The van der Waals surface area contributed by atoms with Crippen molar-refractivity contribution in [3.63, 3.8) is 0 Å². The van der Waals surface area contributed by atoms with E-state index in [0.717, 1.165) is 29.3 Å². The van der Waals surface area contributed by atoms with Gasteiger partial charge in [0.1, 0.15) is 5.78 Å². The molecular formula is C15H16BrNaO3. The zero-order chi connectivity index (χ0) is 14.0. The van der Waals surface area contributed by atoms with Crippen LogP contribution < -0.4 is 34.7 Å². The number of aliphatic carboxylic acids is 1. The molecule has 0 aromatic heterocycles. The number of hydrogen-bond donors (Lipinski definition) is 0. The van der Waals surface area contributed by atoms with E-state index < -0.39 is 11.9 Å². The molecule has 0 radical (unpaired) electrons. The normalized spacial score (nSPS) is 19.5. The number of halogens is 1. The van der Waals surface area contributed by atoms with Gasteiger partial charge in [-0.05, 0) is 36.5 Å². The minimum atomic E-state index is -1.08. The number of Topliss-reactive ketones (excluding diaryl/α,β-unsaturated/α-hetero) is 1. The van der Waals surface area contributed by atoms with Gasteiger partial charge in [0.2, 0.25) is 0 Å². The summed E-state index contributed by atoms with van der Waals surface area (Å²) in [5.74, 6) is -1.23. The quantitative estimate of drug-likeness (QED) is 0.672. The number of carboxylic acid groups (broad SMARTS) is 1. The van der Waals surface area contributed by atoms with E-state index >= 15 is 0 Å². The molecule has 2 unspecified atom stereocenters. The standard InChI is InChI=1S/C15H17BrO3.Na/c1-9(15(18)19)10-5-6-11(13(16)8-10)7-12-3-2-4-14(12)17;/h5-6,8-9,12H,2-4,7H2,1H3,(H,18,19);/q;+1/p-1. The largest absolute Gasteiger partial charge is 1.00 e. The summed E-state index contributed by atoms with van der Waals surface area (Å²) >= 11 is 3.47. The Morgan fingerprint density at radius 1 is 1.50 bits per heavy atom. The van der Waals surface area contributed by atoms with Crippen LogP contribution in [-0.4, -0.2) is 11.8 Å². The molecule has 102 valence electrons. The summed E-state index contributed by atoms with van der Waals surface area (Å²) in [4.78, 5) is 22.5. The Balaban J connectivity index is 0.00000200. The monoisotopic (exact) mass is 346 g/mol. The molecule has 5 heteroatoms. The number of carboxylic acids is 1. The number of hydrogen-bond acceptors (Lipinski definition) is 3. The van der Waals surface area contributed by atoms with Crippen LogP contribution in [0.2, 0.25) is 0 Å². The van der Waals surface area contributed by atoms with Crippen molar-refractivity contribution in [3.8, 4) is 0 Å². The first kappa shape index (κ1) is 17.9. The second kappa shape index (κ2) is 7.74. The van der Waals surface area contributed by atoms with Gasteiger partial charge in [-0.3, -0.25) is 4.79 Å². The first-order valence-electron chi connectivity index (χ1n) is 6.51. The maximum atomic E-state index is 11.7. The molecule has 1 aliphatic rings. The third kappa shape index (κ3) is 4.17. The molecule has 3 nitrogen and oxygen atoms in total. The van der Waals surface area contributed by atoms with Gasteiger partial charge >= 0.3 is 29.6 Å². The Kier molecular flexibility index (Phi) is 6.92. The van der Waals surface area contributed by atoms with Gasteiger partial charge in [-0.15, -0.1) is 0 Å². The van der Waals surface area contributed by atoms with Crippen molar-refractivity contribution in [1.29, 1.82) is 0 Å². The van der Waals surface area contributed by atoms with Gasteiger partial charge < -0.3 is 9.90 Å². The van der Waals surface area contributed by atoms with Gasteiger partial charge in [-0.25, -0.2) is 0 Å². The molecule has 0 aliphatic heterocycles. The Hall–Kier alpha value is -0.160. The van der Waals surface area contributed by atoms with E-state index in [0.29, 0.717) is 17.8 Å². The first-order valence-corrected chi connectivity index (χ1v) is 7.30. The van der Waals surface area contributed by atoms with Crippen molar-refractivity contribution in [2.75, 3.05) is 0 Å².